The van der Waals surface area contributed by atoms with Gasteiger partial charge in [0.25, 0.3) is 0 Å². The first-order valence-electron chi connectivity index (χ1n) is 6.92. The quantitative estimate of drug-likeness (QED) is 0.768. The van der Waals surface area contributed by atoms with Gasteiger partial charge in [0, 0.05) is 6.61 Å². The summed E-state index contributed by atoms with van der Waals surface area (Å²) < 4.78 is 12.2. The summed E-state index contributed by atoms with van der Waals surface area (Å²) in [5.74, 6) is 0.413. The molecule has 1 fully saturated rings. The molecule has 0 aromatic rings. The highest BCUT2D eigenvalue weighted by molar-refractivity contribution is 6.54. The molecule has 0 bridgehead atoms. The fourth-order valence-electron chi connectivity index (χ4n) is 2.70. The van der Waals surface area contributed by atoms with Gasteiger partial charge in [-0.15, -0.1) is 0 Å². The van der Waals surface area contributed by atoms with Crippen molar-refractivity contribution in [3.63, 3.8) is 0 Å². The van der Waals surface area contributed by atoms with Crippen LogP contribution in [0.25, 0.3) is 0 Å². The first-order valence-corrected chi connectivity index (χ1v) is 6.92. The molecule has 1 N–H and O–H groups in total. The van der Waals surface area contributed by atoms with E-state index >= 15 is 0 Å². The molecule has 0 saturated carbocycles. The summed E-state index contributed by atoms with van der Waals surface area (Å²) in [5.41, 5.74) is 2.09. The summed E-state index contributed by atoms with van der Waals surface area (Å²) in [5, 5.41) is 9.24. The standard InChI is InChI=1S/C14H25BO3/c1-10-8-11(9-16)6-7-12(10)15-17-13(2,3)14(4,5)18-15/h11,16H,6-9H2,1-5H3. The molecule has 3 nitrogen and oxygen atoms in total. The molecule has 1 saturated heterocycles. The third kappa shape index (κ3) is 2.38. The first kappa shape index (κ1) is 14.1. The van der Waals surface area contributed by atoms with Crippen molar-refractivity contribution >= 4 is 7.12 Å². The Labute approximate surface area is 111 Å². The lowest BCUT2D eigenvalue weighted by molar-refractivity contribution is 0.00578. The van der Waals surface area contributed by atoms with Crippen LogP contribution in [0.2, 0.25) is 0 Å². The Hall–Kier alpha value is -0.315. The Balaban J connectivity index is 2.15. The van der Waals surface area contributed by atoms with Gasteiger partial charge >= 0.3 is 7.12 Å². The SMILES string of the molecule is CC1=C(B2OC(C)(C)C(C)(C)O2)CCC(CO)C1. The fourth-order valence-corrected chi connectivity index (χ4v) is 2.70. The molecule has 0 amide bonds. The highest BCUT2D eigenvalue weighted by atomic mass is 16.7. The monoisotopic (exact) mass is 252 g/mol. The normalized spacial score (nSPS) is 31.0. The maximum Gasteiger partial charge on any atom is 0.490 e. The van der Waals surface area contributed by atoms with Crippen LogP contribution in [0.4, 0.5) is 0 Å². The topological polar surface area (TPSA) is 38.7 Å². The van der Waals surface area contributed by atoms with Crippen molar-refractivity contribution in [3.05, 3.63) is 11.0 Å². The molecule has 0 spiro atoms. The van der Waals surface area contributed by atoms with E-state index in [4.69, 9.17) is 9.31 Å². The van der Waals surface area contributed by atoms with Crippen molar-refractivity contribution in [1.82, 2.24) is 0 Å². The average molecular weight is 252 g/mol. The fraction of sp³-hybridized carbons (Fsp3) is 0.857. The minimum atomic E-state index is -0.265. The second kappa shape index (κ2) is 4.66. The summed E-state index contributed by atoms with van der Waals surface area (Å²) in [6, 6.07) is 0. The van der Waals surface area contributed by atoms with Gasteiger partial charge < -0.3 is 14.4 Å². The van der Waals surface area contributed by atoms with Crippen molar-refractivity contribution in [1.29, 1.82) is 0 Å². The molecule has 102 valence electrons. The number of aliphatic hydroxyl groups excluding tert-OH is 1. The number of allylic oxidation sites excluding steroid dienone is 2. The van der Waals surface area contributed by atoms with Crippen LogP contribution in [0.1, 0.15) is 53.9 Å². The van der Waals surface area contributed by atoms with E-state index in [1.807, 2.05) is 0 Å². The highest BCUT2D eigenvalue weighted by Gasteiger charge is 2.52. The van der Waals surface area contributed by atoms with Crippen LogP contribution in [-0.4, -0.2) is 30.0 Å². The van der Waals surface area contributed by atoms with E-state index in [1.54, 1.807) is 0 Å². The van der Waals surface area contributed by atoms with E-state index in [9.17, 15) is 5.11 Å². The van der Waals surface area contributed by atoms with Crippen molar-refractivity contribution < 1.29 is 14.4 Å². The molecule has 2 aliphatic rings. The Kier molecular flexibility index (Phi) is 3.65. The van der Waals surface area contributed by atoms with Crippen molar-refractivity contribution in [2.75, 3.05) is 6.61 Å². The van der Waals surface area contributed by atoms with Gasteiger partial charge in [0.2, 0.25) is 0 Å². The maximum atomic E-state index is 9.24. The largest absolute Gasteiger partial charge is 0.490 e. The third-order valence-electron chi connectivity index (χ3n) is 4.76. The van der Waals surface area contributed by atoms with Crippen LogP contribution in [0.15, 0.2) is 11.0 Å². The van der Waals surface area contributed by atoms with Crippen LogP contribution < -0.4 is 0 Å². The molecule has 4 heteroatoms. The Bertz CT molecular complexity index is 344. The lowest BCUT2D eigenvalue weighted by atomic mass is 9.67. The molecular formula is C14H25BO3. The van der Waals surface area contributed by atoms with E-state index in [-0.39, 0.29) is 24.9 Å². The van der Waals surface area contributed by atoms with Gasteiger partial charge in [-0.25, -0.2) is 0 Å². The van der Waals surface area contributed by atoms with Crippen LogP contribution in [-0.2, 0) is 9.31 Å². The van der Waals surface area contributed by atoms with Crippen molar-refractivity contribution in [2.45, 2.75) is 65.1 Å². The second-order valence-corrected chi connectivity index (χ2v) is 6.69. The maximum absolute atomic E-state index is 9.24. The number of hydrogen-bond acceptors (Lipinski definition) is 3. The van der Waals surface area contributed by atoms with Crippen LogP contribution >= 0.6 is 0 Å². The van der Waals surface area contributed by atoms with Gasteiger partial charge in [0.1, 0.15) is 0 Å². The Morgan fingerprint density at radius 1 is 1.22 bits per heavy atom. The summed E-state index contributed by atoms with van der Waals surface area (Å²) in [4.78, 5) is 0. The predicted octanol–water partition coefficient (Wildman–Crippen LogP) is 2.73. The zero-order chi connectivity index (χ0) is 13.6. The minimum absolute atomic E-state index is 0.199. The third-order valence-corrected chi connectivity index (χ3v) is 4.76. The summed E-state index contributed by atoms with van der Waals surface area (Å²) in [6.07, 6.45) is 2.98. The molecule has 0 aromatic carbocycles. The number of aliphatic hydroxyl groups is 1. The number of rotatable bonds is 2. The zero-order valence-corrected chi connectivity index (χ0v) is 12.2. The van der Waals surface area contributed by atoms with Gasteiger partial charge in [-0.05, 0) is 65.3 Å². The predicted molar refractivity (Wildman–Crippen MR) is 73.2 cm³/mol. The van der Waals surface area contributed by atoms with Crippen LogP contribution in [0.5, 0.6) is 0 Å². The molecule has 18 heavy (non-hydrogen) atoms. The Morgan fingerprint density at radius 2 is 1.78 bits per heavy atom. The highest BCUT2D eigenvalue weighted by Crippen LogP contribution is 2.41. The van der Waals surface area contributed by atoms with Gasteiger partial charge in [0.05, 0.1) is 11.2 Å². The van der Waals surface area contributed by atoms with Gasteiger partial charge in [-0.2, -0.15) is 0 Å². The second-order valence-electron chi connectivity index (χ2n) is 6.69. The number of hydrogen-bond donors (Lipinski definition) is 1. The van der Waals surface area contributed by atoms with E-state index in [0.29, 0.717) is 5.92 Å². The van der Waals surface area contributed by atoms with E-state index in [1.165, 1.54) is 11.0 Å². The van der Waals surface area contributed by atoms with Crippen LogP contribution in [0.3, 0.4) is 0 Å². The van der Waals surface area contributed by atoms with Gasteiger partial charge in [0.15, 0.2) is 0 Å². The molecule has 0 aromatic heterocycles. The lowest BCUT2D eigenvalue weighted by Crippen LogP contribution is -2.41. The molecule has 1 atom stereocenters. The smallest absolute Gasteiger partial charge is 0.400 e. The molecule has 1 heterocycles. The lowest BCUT2D eigenvalue weighted by Gasteiger charge is -2.32. The van der Waals surface area contributed by atoms with Gasteiger partial charge in [-0.1, -0.05) is 5.57 Å². The van der Waals surface area contributed by atoms with Crippen molar-refractivity contribution in [3.8, 4) is 0 Å². The van der Waals surface area contributed by atoms with Gasteiger partial charge in [-0.3, -0.25) is 0 Å². The van der Waals surface area contributed by atoms with E-state index < -0.39 is 0 Å². The first-order chi connectivity index (χ1) is 8.27. The van der Waals surface area contributed by atoms with Crippen molar-refractivity contribution in [2.24, 2.45) is 5.92 Å². The molecule has 0 radical (unpaired) electrons. The minimum Gasteiger partial charge on any atom is -0.400 e. The molecule has 1 aliphatic carbocycles. The molecular weight excluding hydrogens is 227 g/mol. The molecule has 1 unspecified atom stereocenters. The molecule has 2 rings (SSSR count). The zero-order valence-electron chi connectivity index (χ0n) is 12.2. The van der Waals surface area contributed by atoms with E-state index in [0.717, 1.165) is 19.3 Å². The van der Waals surface area contributed by atoms with E-state index in [2.05, 4.69) is 34.6 Å². The summed E-state index contributed by atoms with van der Waals surface area (Å²) in [6.45, 7) is 10.8. The Morgan fingerprint density at radius 3 is 2.22 bits per heavy atom. The summed E-state index contributed by atoms with van der Waals surface area (Å²) in [7, 11) is -0.199. The molecule has 1 aliphatic heterocycles. The average Bonchev–Trinajstić information content (AvgIpc) is 2.47. The summed E-state index contributed by atoms with van der Waals surface area (Å²) >= 11 is 0. The van der Waals surface area contributed by atoms with Crippen LogP contribution in [0, 0.1) is 5.92 Å².